The molecule has 7 nitrogen and oxygen atoms in total. The summed E-state index contributed by atoms with van der Waals surface area (Å²) in [6.45, 7) is 2.73. The Hall–Kier alpha value is -2.33. The average molecular weight is 567 g/mol. The van der Waals surface area contributed by atoms with Crippen molar-refractivity contribution in [3.05, 3.63) is 65.5 Å². The summed E-state index contributed by atoms with van der Waals surface area (Å²) in [4.78, 5) is 11.2. The van der Waals surface area contributed by atoms with E-state index in [1.807, 2.05) is 24.3 Å². The number of hydrogen-bond donors (Lipinski definition) is 2. The minimum Gasteiger partial charge on any atom is -0.371 e. The maximum absolute atomic E-state index is 5.93. The number of rotatable bonds is 6. The fourth-order valence-corrected chi connectivity index (χ4v) is 3.80. The van der Waals surface area contributed by atoms with E-state index in [1.165, 1.54) is 5.69 Å². The maximum atomic E-state index is 5.93. The van der Waals surface area contributed by atoms with E-state index >= 15 is 0 Å². The zero-order valence-corrected chi connectivity index (χ0v) is 21.1. The third kappa shape index (κ3) is 6.59. The quantitative estimate of drug-likeness (QED) is 0.262. The van der Waals surface area contributed by atoms with Crippen LogP contribution < -0.4 is 15.5 Å². The molecule has 1 saturated heterocycles. The minimum absolute atomic E-state index is 0. The molecule has 1 aliphatic heterocycles. The molecule has 0 atom stereocenters. The number of aliphatic imine (C=N–C) groups is 1. The van der Waals surface area contributed by atoms with Crippen LogP contribution in [0, 0.1) is 0 Å². The molecule has 1 fully saturated rings. The molecule has 1 aliphatic rings. The summed E-state index contributed by atoms with van der Waals surface area (Å²) in [7, 11) is 1.79. The Morgan fingerprint density at radius 3 is 2.53 bits per heavy atom. The first kappa shape index (κ1) is 24.3. The van der Waals surface area contributed by atoms with Crippen LogP contribution in [-0.2, 0) is 6.42 Å². The fraction of sp³-hybridized carbons (Fsp3) is 0.348. The molecule has 0 radical (unpaired) electrons. The van der Waals surface area contributed by atoms with Gasteiger partial charge in [0.1, 0.15) is 0 Å². The third-order valence-electron chi connectivity index (χ3n) is 5.38. The molecule has 170 valence electrons. The monoisotopic (exact) mass is 566 g/mol. The van der Waals surface area contributed by atoms with Gasteiger partial charge in [0.25, 0.3) is 0 Å². The van der Waals surface area contributed by atoms with E-state index < -0.39 is 0 Å². The van der Waals surface area contributed by atoms with Gasteiger partial charge in [0.15, 0.2) is 5.96 Å². The summed E-state index contributed by atoms with van der Waals surface area (Å²) < 4.78 is 5.37. The SMILES string of the molecule is CN=C(NCCc1nc(-c2ccc(Cl)cc2)no1)NC1CCN(c2ccccc2)CC1.I. The van der Waals surface area contributed by atoms with Crippen molar-refractivity contribution in [1.82, 2.24) is 20.8 Å². The number of anilines is 1. The standard InChI is InChI=1S/C23H27ClN6O.HI/c1-25-23(27-19-12-15-30(16-13-19)20-5-3-2-4-6-20)26-14-11-21-28-22(29-31-21)17-7-9-18(24)10-8-17;/h2-10,19H,11-16H2,1H3,(H2,25,26,27);1H. The highest BCUT2D eigenvalue weighted by Crippen LogP contribution is 2.20. The average Bonchev–Trinajstić information content (AvgIpc) is 3.29. The van der Waals surface area contributed by atoms with E-state index in [2.05, 4.69) is 61.0 Å². The van der Waals surface area contributed by atoms with Crippen molar-refractivity contribution < 1.29 is 4.52 Å². The highest BCUT2D eigenvalue weighted by molar-refractivity contribution is 14.0. The van der Waals surface area contributed by atoms with Crippen LogP contribution >= 0.6 is 35.6 Å². The Balaban J connectivity index is 0.00000289. The number of para-hydroxylation sites is 1. The van der Waals surface area contributed by atoms with Crippen molar-refractivity contribution in [3.8, 4) is 11.4 Å². The van der Waals surface area contributed by atoms with E-state index in [0.29, 0.717) is 35.7 Å². The van der Waals surface area contributed by atoms with Crippen molar-refractivity contribution in [2.45, 2.75) is 25.3 Å². The van der Waals surface area contributed by atoms with Crippen LogP contribution in [0.1, 0.15) is 18.7 Å². The van der Waals surface area contributed by atoms with Crippen molar-refractivity contribution in [3.63, 3.8) is 0 Å². The van der Waals surface area contributed by atoms with Crippen molar-refractivity contribution in [1.29, 1.82) is 0 Å². The van der Waals surface area contributed by atoms with Gasteiger partial charge in [-0.1, -0.05) is 35.0 Å². The Morgan fingerprint density at radius 1 is 1.12 bits per heavy atom. The van der Waals surface area contributed by atoms with Crippen LogP contribution in [0.25, 0.3) is 11.4 Å². The van der Waals surface area contributed by atoms with Gasteiger partial charge >= 0.3 is 0 Å². The molecule has 0 unspecified atom stereocenters. The summed E-state index contributed by atoms with van der Waals surface area (Å²) in [5.74, 6) is 1.96. The second-order valence-electron chi connectivity index (χ2n) is 7.51. The lowest BCUT2D eigenvalue weighted by molar-refractivity contribution is 0.378. The first-order valence-electron chi connectivity index (χ1n) is 10.6. The Bertz CT molecular complexity index is 987. The lowest BCUT2D eigenvalue weighted by atomic mass is 10.0. The molecule has 32 heavy (non-hydrogen) atoms. The van der Waals surface area contributed by atoms with E-state index in [9.17, 15) is 0 Å². The van der Waals surface area contributed by atoms with Crippen molar-refractivity contribution >= 4 is 47.2 Å². The van der Waals surface area contributed by atoms with E-state index in [1.54, 1.807) is 7.05 Å². The minimum atomic E-state index is 0. The zero-order valence-electron chi connectivity index (χ0n) is 18.0. The number of guanidine groups is 1. The lowest BCUT2D eigenvalue weighted by Crippen LogP contribution is -2.49. The first-order valence-corrected chi connectivity index (χ1v) is 10.9. The molecular formula is C23H28ClIN6O. The Morgan fingerprint density at radius 2 is 1.84 bits per heavy atom. The van der Waals surface area contributed by atoms with Crippen LogP contribution in [-0.4, -0.2) is 48.8 Å². The number of halogens is 2. The van der Waals surface area contributed by atoms with Crippen LogP contribution in [0.3, 0.4) is 0 Å². The number of hydrogen-bond acceptors (Lipinski definition) is 5. The van der Waals surface area contributed by atoms with Gasteiger partial charge in [0.2, 0.25) is 11.7 Å². The number of aromatic nitrogens is 2. The first-order chi connectivity index (χ1) is 15.2. The summed E-state index contributed by atoms with van der Waals surface area (Å²) in [5.41, 5.74) is 2.17. The van der Waals surface area contributed by atoms with E-state index in [-0.39, 0.29) is 24.0 Å². The molecule has 3 aromatic rings. The Labute approximate surface area is 210 Å². The normalized spacial score (nSPS) is 14.7. The zero-order chi connectivity index (χ0) is 21.5. The van der Waals surface area contributed by atoms with Gasteiger partial charge in [0.05, 0.1) is 0 Å². The summed E-state index contributed by atoms with van der Waals surface area (Å²) in [5, 5.41) is 11.6. The molecule has 0 spiro atoms. The molecule has 2 N–H and O–H groups in total. The second-order valence-corrected chi connectivity index (χ2v) is 7.95. The topological polar surface area (TPSA) is 78.6 Å². The molecule has 2 heterocycles. The number of benzene rings is 2. The van der Waals surface area contributed by atoms with Crippen LogP contribution in [0.4, 0.5) is 5.69 Å². The van der Waals surface area contributed by atoms with Gasteiger partial charge < -0.3 is 20.1 Å². The maximum Gasteiger partial charge on any atom is 0.228 e. The molecule has 0 aliphatic carbocycles. The smallest absolute Gasteiger partial charge is 0.228 e. The van der Waals surface area contributed by atoms with Crippen LogP contribution in [0.15, 0.2) is 64.1 Å². The fourth-order valence-electron chi connectivity index (χ4n) is 3.67. The number of nitrogens with zero attached hydrogens (tertiary/aromatic N) is 4. The van der Waals surface area contributed by atoms with Crippen LogP contribution in [0.5, 0.6) is 0 Å². The number of piperidine rings is 1. The van der Waals surface area contributed by atoms with Crippen molar-refractivity contribution in [2.24, 2.45) is 4.99 Å². The molecule has 0 amide bonds. The van der Waals surface area contributed by atoms with Gasteiger partial charge in [-0.15, -0.1) is 24.0 Å². The molecule has 1 aromatic heterocycles. The number of nitrogens with one attached hydrogen (secondary N) is 2. The molecule has 2 aromatic carbocycles. The third-order valence-corrected chi connectivity index (χ3v) is 5.63. The molecular weight excluding hydrogens is 539 g/mol. The van der Waals surface area contributed by atoms with Gasteiger partial charge in [-0.25, -0.2) is 0 Å². The second kappa shape index (κ2) is 12.1. The highest BCUT2D eigenvalue weighted by Gasteiger charge is 2.20. The summed E-state index contributed by atoms with van der Waals surface area (Å²) >= 11 is 5.93. The van der Waals surface area contributed by atoms with Gasteiger partial charge in [-0.3, -0.25) is 4.99 Å². The highest BCUT2D eigenvalue weighted by atomic mass is 127. The predicted molar refractivity (Wildman–Crippen MR) is 140 cm³/mol. The molecule has 9 heteroatoms. The molecule has 0 saturated carbocycles. The van der Waals surface area contributed by atoms with E-state index in [0.717, 1.165) is 37.5 Å². The largest absolute Gasteiger partial charge is 0.371 e. The Kier molecular flexibility index (Phi) is 9.16. The molecule has 4 rings (SSSR count). The predicted octanol–water partition coefficient (Wildman–Crippen LogP) is 4.38. The van der Waals surface area contributed by atoms with Gasteiger partial charge in [-0.05, 0) is 49.2 Å². The molecule has 0 bridgehead atoms. The van der Waals surface area contributed by atoms with Crippen molar-refractivity contribution in [2.75, 3.05) is 31.6 Å². The van der Waals surface area contributed by atoms with Crippen LogP contribution in [0.2, 0.25) is 5.02 Å². The van der Waals surface area contributed by atoms with Gasteiger partial charge in [-0.2, -0.15) is 4.98 Å². The summed E-state index contributed by atoms with van der Waals surface area (Å²) in [6, 6.07) is 18.4. The summed E-state index contributed by atoms with van der Waals surface area (Å²) in [6.07, 6.45) is 2.77. The van der Waals surface area contributed by atoms with E-state index in [4.69, 9.17) is 16.1 Å². The van der Waals surface area contributed by atoms with Gasteiger partial charge in [0, 0.05) is 55.4 Å². The lowest BCUT2D eigenvalue weighted by Gasteiger charge is -2.34.